The number of hydrogen-bond donors (Lipinski definition) is 2. The van der Waals surface area contributed by atoms with Crippen LogP contribution in [0.4, 0.5) is 0 Å². The van der Waals surface area contributed by atoms with Crippen molar-refractivity contribution < 1.29 is 14.3 Å². The molecule has 6 nitrogen and oxygen atoms in total. The summed E-state index contributed by atoms with van der Waals surface area (Å²) in [4.78, 5) is 19.3. The molecule has 2 atom stereocenters. The lowest BCUT2D eigenvalue weighted by molar-refractivity contribution is -0.0612. The maximum atomic E-state index is 12.1. The second-order valence-electron chi connectivity index (χ2n) is 5.21. The summed E-state index contributed by atoms with van der Waals surface area (Å²) in [7, 11) is 0. The van der Waals surface area contributed by atoms with Crippen molar-refractivity contribution in [3.63, 3.8) is 0 Å². The van der Waals surface area contributed by atoms with E-state index in [1.807, 2.05) is 18.2 Å². The number of nitrogens with zero attached hydrogens (tertiary/aromatic N) is 1. The molecule has 3 heterocycles. The second kappa shape index (κ2) is 7.20. The molecule has 1 fully saturated rings. The summed E-state index contributed by atoms with van der Waals surface area (Å²) in [5.41, 5.74) is 1.48. The molecule has 0 radical (unpaired) electrons. The molecule has 0 spiro atoms. The molecule has 0 bridgehead atoms. The quantitative estimate of drug-likeness (QED) is 0.878. The number of aromatic amines is 1. The largest absolute Gasteiger partial charge is 0.379 e. The Hall–Kier alpha value is -2.18. The van der Waals surface area contributed by atoms with Gasteiger partial charge in [0, 0.05) is 25.2 Å². The van der Waals surface area contributed by atoms with Crippen molar-refractivity contribution in [3.8, 4) is 0 Å². The van der Waals surface area contributed by atoms with E-state index in [1.54, 1.807) is 24.7 Å². The fourth-order valence-corrected chi connectivity index (χ4v) is 2.45. The average Bonchev–Trinajstić information content (AvgIpc) is 3.10. The first-order chi connectivity index (χ1) is 10.8. The monoisotopic (exact) mass is 301 g/mol. The van der Waals surface area contributed by atoms with Gasteiger partial charge in [-0.3, -0.25) is 9.78 Å². The van der Waals surface area contributed by atoms with E-state index in [0.717, 1.165) is 12.1 Å². The molecular weight excluding hydrogens is 282 g/mol. The van der Waals surface area contributed by atoms with Crippen LogP contribution in [0.1, 0.15) is 22.5 Å². The Labute approximate surface area is 128 Å². The van der Waals surface area contributed by atoms with Crippen LogP contribution >= 0.6 is 0 Å². The lowest BCUT2D eigenvalue weighted by Gasteiger charge is -2.32. The van der Waals surface area contributed by atoms with Crippen molar-refractivity contribution in [2.24, 2.45) is 0 Å². The number of ether oxygens (including phenoxy) is 2. The minimum atomic E-state index is -0.153. The van der Waals surface area contributed by atoms with Crippen LogP contribution in [0.2, 0.25) is 0 Å². The van der Waals surface area contributed by atoms with E-state index in [9.17, 15) is 4.79 Å². The summed E-state index contributed by atoms with van der Waals surface area (Å²) in [6.45, 7) is 1.54. The summed E-state index contributed by atoms with van der Waals surface area (Å²) in [5, 5.41) is 2.98. The predicted octanol–water partition coefficient (Wildman–Crippen LogP) is 1.51. The average molecular weight is 301 g/mol. The highest BCUT2D eigenvalue weighted by Crippen LogP contribution is 2.14. The maximum Gasteiger partial charge on any atom is 0.253 e. The predicted molar refractivity (Wildman–Crippen MR) is 80.3 cm³/mol. The molecule has 0 unspecified atom stereocenters. The van der Waals surface area contributed by atoms with E-state index < -0.39 is 0 Å². The van der Waals surface area contributed by atoms with Gasteiger partial charge in [0.25, 0.3) is 5.91 Å². The molecule has 0 saturated carbocycles. The highest BCUT2D eigenvalue weighted by Gasteiger charge is 2.28. The molecule has 1 aliphatic rings. The van der Waals surface area contributed by atoms with E-state index >= 15 is 0 Å². The second-order valence-corrected chi connectivity index (χ2v) is 5.21. The van der Waals surface area contributed by atoms with Crippen molar-refractivity contribution in [3.05, 3.63) is 54.1 Å². The van der Waals surface area contributed by atoms with Crippen molar-refractivity contribution in [1.82, 2.24) is 15.3 Å². The van der Waals surface area contributed by atoms with Gasteiger partial charge in [-0.05, 0) is 24.6 Å². The zero-order chi connectivity index (χ0) is 15.2. The number of pyridine rings is 1. The van der Waals surface area contributed by atoms with Crippen LogP contribution in [0.25, 0.3) is 0 Å². The van der Waals surface area contributed by atoms with Crippen LogP contribution in [0.3, 0.4) is 0 Å². The molecule has 2 aromatic heterocycles. The topological polar surface area (TPSA) is 76.2 Å². The number of carbonyl (C=O) groups excluding carboxylic acids is 1. The van der Waals surface area contributed by atoms with Crippen molar-refractivity contribution in [1.29, 1.82) is 0 Å². The fourth-order valence-electron chi connectivity index (χ4n) is 2.45. The number of nitrogens with one attached hydrogen (secondary N) is 2. The summed E-state index contributed by atoms with van der Waals surface area (Å²) in [6, 6.07) is 7.31. The van der Waals surface area contributed by atoms with E-state index in [4.69, 9.17) is 9.47 Å². The van der Waals surface area contributed by atoms with Crippen molar-refractivity contribution >= 4 is 5.91 Å². The summed E-state index contributed by atoms with van der Waals surface area (Å²) < 4.78 is 11.4. The third-order valence-electron chi connectivity index (χ3n) is 3.64. The van der Waals surface area contributed by atoms with Gasteiger partial charge in [0.15, 0.2) is 0 Å². The van der Waals surface area contributed by atoms with Crippen LogP contribution in [-0.4, -0.2) is 41.2 Å². The lowest BCUT2D eigenvalue weighted by atomic mass is 10.1. The molecule has 0 aliphatic carbocycles. The van der Waals surface area contributed by atoms with Crippen molar-refractivity contribution in [2.45, 2.75) is 25.2 Å². The van der Waals surface area contributed by atoms with E-state index in [1.165, 1.54) is 0 Å². The van der Waals surface area contributed by atoms with Crippen LogP contribution in [-0.2, 0) is 16.1 Å². The Morgan fingerprint density at radius 1 is 1.45 bits per heavy atom. The third kappa shape index (κ3) is 3.72. The summed E-state index contributed by atoms with van der Waals surface area (Å²) in [6.07, 6.45) is 5.82. The minimum absolute atomic E-state index is 0.0707. The van der Waals surface area contributed by atoms with Gasteiger partial charge >= 0.3 is 0 Å². The number of rotatable bonds is 5. The third-order valence-corrected chi connectivity index (χ3v) is 3.64. The molecule has 0 aromatic carbocycles. The lowest BCUT2D eigenvalue weighted by Crippen LogP contribution is -2.50. The first kappa shape index (κ1) is 14.7. The Kier molecular flexibility index (Phi) is 4.82. The Morgan fingerprint density at radius 3 is 3.18 bits per heavy atom. The van der Waals surface area contributed by atoms with Crippen LogP contribution in [0.15, 0.2) is 42.9 Å². The molecule has 116 valence electrons. The number of H-pyrrole nitrogens is 1. The van der Waals surface area contributed by atoms with Gasteiger partial charge in [-0.2, -0.15) is 0 Å². The molecule has 2 N–H and O–H groups in total. The zero-order valence-corrected chi connectivity index (χ0v) is 12.2. The first-order valence-corrected chi connectivity index (χ1v) is 7.36. The molecule has 2 aromatic rings. The van der Waals surface area contributed by atoms with E-state index in [2.05, 4.69) is 15.3 Å². The molecule has 22 heavy (non-hydrogen) atoms. The highest BCUT2D eigenvalue weighted by molar-refractivity contribution is 5.94. The standard InChI is InChI=1S/C16H19N3O3/c20-16(12-4-7-17-9-12)19-14-11-21-8-5-15(14)22-10-13-3-1-2-6-18-13/h1-4,6-7,9,14-15,17H,5,8,10-11H2,(H,19,20)/t14-,15-/m1/s1. The Bertz CT molecular complexity index is 586. The minimum Gasteiger partial charge on any atom is -0.379 e. The summed E-state index contributed by atoms with van der Waals surface area (Å²) >= 11 is 0. The number of carbonyl (C=O) groups is 1. The smallest absolute Gasteiger partial charge is 0.253 e. The van der Waals surface area contributed by atoms with Gasteiger partial charge in [0.1, 0.15) is 0 Å². The first-order valence-electron chi connectivity index (χ1n) is 7.36. The van der Waals surface area contributed by atoms with Crippen LogP contribution in [0, 0.1) is 0 Å². The Balaban J connectivity index is 1.57. The SMILES string of the molecule is O=C(N[C@@H]1COCC[C@H]1OCc1ccccn1)c1cc[nH]c1. The zero-order valence-electron chi connectivity index (χ0n) is 12.2. The van der Waals surface area contributed by atoms with Gasteiger partial charge < -0.3 is 19.8 Å². The van der Waals surface area contributed by atoms with Gasteiger partial charge in [-0.25, -0.2) is 0 Å². The molecule has 1 amide bonds. The Morgan fingerprint density at radius 2 is 2.41 bits per heavy atom. The normalized spacial score (nSPS) is 21.5. The van der Waals surface area contributed by atoms with Gasteiger partial charge in [0.05, 0.1) is 36.6 Å². The molecular formula is C16H19N3O3. The maximum absolute atomic E-state index is 12.1. The van der Waals surface area contributed by atoms with E-state index in [0.29, 0.717) is 25.4 Å². The van der Waals surface area contributed by atoms with E-state index in [-0.39, 0.29) is 18.1 Å². The fraction of sp³-hybridized carbons (Fsp3) is 0.375. The van der Waals surface area contributed by atoms with Gasteiger partial charge in [-0.1, -0.05) is 6.07 Å². The van der Waals surface area contributed by atoms with Crippen molar-refractivity contribution in [2.75, 3.05) is 13.2 Å². The van der Waals surface area contributed by atoms with Gasteiger partial charge in [-0.15, -0.1) is 0 Å². The number of aromatic nitrogens is 2. The summed E-state index contributed by atoms with van der Waals surface area (Å²) in [5.74, 6) is -0.122. The van der Waals surface area contributed by atoms with Gasteiger partial charge in [0.2, 0.25) is 0 Å². The molecule has 3 rings (SSSR count). The van der Waals surface area contributed by atoms with Crippen LogP contribution < -0.4 is 5.32 Å². The number of amides is 1. The molecule has 6 heteroatoms. The van der Waals surface area contributed by atoms with Crippen LogP contribution in [0.5, 0.6) is 0 Å². The highest BCUT2D eigenvalue weighted by atomic mass is 16.5. The molecule has 1 saturated heterocycles. The molecule has 1 aliphatic heterocycles. The number of hydrogen-bond acceptors (Lipinski definition) is 4.